The number of methoxy groups -OCH3 is 1. The minimum Gasteiger partial charge on any atom is -0.497 e. The van der Waals surface area contributed by atoms with Crippen molar-refractivity contribution in [1.82, 2.24) is 9.55 Å². The van der Waals surface area contributed by atoms with Gasteiger partial charge in [-0.2, -0.15) is 0 Å². The molecule has 186 valence electrons. The summed E-state index contributed by atoms with van der Waals surface area (Å²) in [6, 6.07) is 23.3. The lowest BCUT2D eigenvalue weighted by molar-refractivity contribution is 0.0695. The molecule has 0 unspecified atom stereocenters. The highest BCUT2D eigenvalue weighted by Gasteiger charge is 2.19. The average molecular weight is 531 g/mol. The zero-order chi connectivity index (χ0) is 25.9. The van der Waals surface area contributed by atoms with Crippen molar-refractivity contribution in [3.8, 4) is 16.9 Å². The lowest BCUT2D eigenvalue weighted by Crippen LogP contribution is -2.19. The van der Waals surface area contributed by atoms with Gasteiger partial charge in [0.25, 0.3) is 0 Å². The molecular formula is C29H23ClN2O4S. The summed E-state index contributed by atoms with van der Waals surface area (Å²) in [4.78, 5) is 30.1. The maximum Gasteiger partial charge on any atom is 0.341 e. The van der Waals surface area contributed by atoms with Crippen LogP contribution >= 0.6 is 22.9 Å². The van der Waals surface area contributed by atoms with E-state index < -0.39 is 11.4 Å². The molecule has 0 aliphatic heterocycles. The molecule has 0 aliphatic rings. The maximum atomic E-state index is 13.0. The monoisotopic (exact) mass is 530 g/mol. The number of thiazole rings is 1. The molecule has 1 N–H and O–H groups in total. The average Bonchev–Trinajstić information content (AvgIpc) is 3.36. The molecule has 5 rings (SSSR count). The number of ether oxygens (including phenoxy) is 1. The normalized spacial score (nSPS) is 11.1. The van der Waals surface area contributed by atoms with Crippen LogP contribution in [0.5, 0.6) is 5.75 Å². The van der Waals surface area contributed by atoms with E-state index in [1.165, 1.54) is 17.5 Å². The fourth-order valence-electron chi connectivity index (χ4n) is 4.28. The van der Waals surface area contributed by atoms with Gasteiger partial charge in [-0.05, 0) is 52.9 Å². The number of aryl methyl sites for hydroxylation is 2. The van der Waals surface area contributed by atoms with Crippen molar-refractivity contribution in [2.75, 3.05) is 7.11 Å². The number of carboxylic acids is 1. The Morgan fingerprint density at radius 2 is 1.81 bits per heavy atom. The summed E-state index contributed by atoms with van der Waals surface area (Å²) in [5.74, 6) is -0.480. The number of aromatic nitrogens is 2. The molecule has 0 saturated carbocycles. The van der Waals surface area contributed by atoms with Crippen molar-refractivity contribution in [1.29, 1.82) is 0 Å². The van der Waals surface area contributed by atoms with Crippen molar-refractivity contribution < 1.29 is 14.6 Å². The fourth-order valence-corrected chi connectivity index (χ4v) is 5.48. The van der Waals surface area contributed by atoms with Crippen molar-refractivity contribution in [2.45, 2.75) is 19.4 Å². The lowest BCUT2D eigenvalue weighted by atomic mass is 9.99. The molecule has 0 spiro atoms. The summed E-state index contributed by atoms with van der Waals surface area (Å²) in [6.45, 7) is 0.360. The molecule has 6 nitrogen and oxygen atoms in total. The zero-order valence-electron chi connectivity index (χ0n) is 20.0. The number of fused-ring (bicyclic) bond motifs is 1. The van der Waals surface area contributed by atoms with Crippen molar-refractivity contribution in [3.05, 3.63) is 116 Å². The van der Waals surface area contributed by atoms with E-state index in [1.807, 2.05) is 77.4 Å². The van der Waals surface area contributed by atoms with Crippen LogP contribution < -0.4 is 10.2 Å². The van der Waals surface area contributed by atoms with Crippen LogP contribution in [-0.2, 0) is 19.4 Å². The number of pyridine rings is 1. The minimum atomic E-state index is -1.27. The first-order chi connectivity index (χ1) is 17.9. The van der Waals surface area contributed by atoms with Crippen molar-refractivity contribution in [2.24, 2.45) is 0 Å². The standard InChI is InChI=1S/C29H23ClN2O4S/c1-36-22-12-7-18(8-13-22)9-14-25-31-26-27(33)24(29(34)35)17-32(28(26)37-25)16-20-10-11-21(30)15-23(20)19-5-3-2-4-6-19/h2-8,10-13,15,17H,9,14,16H2,1H3,(H,34,35). The molecule has 2 aromatic heterocycles. The second-order valence-corrected chi connectivity index (χ2v) is 10.1. The van der Waals surface area contributed by atoms with E-state index in [1.54, 1.807) is 7.11 Å². The number of aromatic carboxylic acids is 1. The quantitative estimate of drug-likeness (QED) is 0.254. The maximum absolute atomic E-state index is 13.0. The topological polar surface area (TPSA) is 81.4 Å². The molecule has 0 amide bonds. The Morgan fingerprint density at radius 3 is 2.51 bits per heavy atom. The third kappa shape index (κ3) is 5.28. The van der Waals surface area contributed by atoms with Gasteiger partial charge in [-0.1, -0.05) is 60.1 Å². The van der Waals surface area contributed by atoms with Crippen LogP contribution in [0.2, 0.25) is 5.02 Å². The van der Waals surface area contributed by atoms with E-state index in [0.29, 0.717) is 22.8 Å². The third-order valence-corrected chi connectivity index (χ3v) is 7.56. The van der Waals surface area contributed by atoms with Crippen LogP contribution in [0.3, 0.4) is 0 Å². The summed E-state index contributed by atoms with van der Waals surface area (Å²) < 4.78 is 7.03. The van der Waals surface area contributed by atoms with E-state index >= 15 is 0 Å². The minimum absolute atomic E-state index is 0.185. The largest absolute Gasteiger partial charge is 0.497 e. The van der Waals surface area contributed by atoms with Gasteiger partial charge in [-0.25, -0.2) is 9.78 Å². The Morgan fingerprint density at radius 1 is 1.05 bits per heavy atom. The Hall–Kier alpha value is -3.94. The van der Waals surface area contributed by atoms with Crippen LogP contribution in [0, 0.1) is 0 Å². The number of rotatable bonds is 8. The van der Waals surface area contributed by atoms with E-state index in [-0.39, 0.29) is 11.1 Å². The van der Waals surface area contributed by atoms with Gasteiger partial charge in [0.1, 0.15) is 21.7 Å². The lowest BCUT2D eigenvalue weighted by Gasteiger charge is -2.14. The van der Waals surface area contributed by atoms with E-state index in [0.717, 1.165) is 39.4 Å². The summed E-state index contributed by atoms with van der Waals surface area (Å²) in [5.41, 5.74) is 3.34. The number of halogens is 1. The molecule has 0 fully saturated rings. The number of carboxylic acid groups (broad SMARTS) is 1. The first-order valence-corrected chi connectivity index (χ1v) is 12.9. The molecule has 0 atom stereocenters. The summed E-state index contributed by atoms with van der Waals surface area (Å²) in [6.07, 6.45) is 2.78. The molecule has 37 heavy (non-hydrogen) atoms. The molecule has 3 aromatic carbocycles. The summed E-state index contributed by atoms with van der Waals surface area (Å²) in [7, 11) is 1.63. The van der Waals surface area contributed by atoms with E-state index in [2.05, 4.69) is 4.98 Å². The first kappa shape index (κ1) is 24.7. The van der Waals surface area contributed by atoms with E-state index in [4.69, 9.17) is 16.3 Å². The Balaban J connectivity index is 1.54. The first-order valence-electron chi connectivity index (χ1n) is 11.7. The van der Waals surface area contributed by atoms with Gasteiger partial charge in [-0.15, -0.1) is 11.3 Å². The number of hydrogen-bond acceptors (Lipinski definition) is 5. The molecule has 0 radical (unpaired) electrons. The number of hydrogen-bond donors (Lipinski definition) is 1. The predicted octanol–water partition coefficient (Wildman–Crippen LogP) is 6.32. The molecule has 2 heterocycles. The highest BCUT2D eigenvalue weighted by Crippen LogP contribution is 2.30. The SMILES string of the molecule is COc1ccc(CCc2nc3c(=O)c(C(=O)O)cn(Cc4ccc(Cl)cc4-c4ccccc4)c3s2)cc1. The highest BCUT2D eigenvalue weighted by atomic mass is 35.5. The van der Waals surface area contributed by atoms with Crippen molar-refractivity contribution in [3.63, 3.8) is 0 Å². The van der Waals surface area contributed by atoms with E-state index in [9.17, 15) is 14.7 Å². The van der Waals surface area contributed by atoms with Gasteiger partial charge in [0.15, 0.2) is 0 Å². The van der Waals surface area contributed by atoms with Gasteiger partial charge >= 0.3 is 5.97 Å². The molecular weight excluding hydrogens is 508 g/mol. The predicted molar refractivity (Wildman–Crippen MR) is 147 cm³/mol. The van der Waals surface area contributed by atoms with Crippen LogP contribution in [0.1, 0.15) is 26.5 Å². The Labute approximate surface area is 222 Å². The Kier molecular flexibility index (Phi) is 7.08. The summed E-state index contributed by atoms with van der Waals surface area (Å²) in [5, 5.41) is 11.1. The number of benzene rings is 3. The van der Waals surface area contributed by atoms with Crippen LogP contribution in [0.4, 0.5) is 0 Å². The van der Waals surface area contributed by atoms with Crippen molar-refractivity contribution >= 4 is 39.3 Å². The van der Waals surface area contributed by atoms with Crippen LogP contribution in [0.15, 0.2) is 83.8 Å². The number of carbonyl (C=O) groups is 1. The van der Waals surface area contributed by atoms with Gasteiger partial charge in [0, 0.05) is 24.2 Å². The van der Waals surface area contributed by atoms with Crippen LogP contribution in [0.25, 0.3) is 21.5 Å². The molecule has 5 aromatic rings. The van der Waals surface area contributed by atoms with Crippen LogP contribution in [-0.4, -0.2) is 27.7 Å². The second kappa shape index (κ2) is 10.6. The van der Waals surface area contributed by atoms with Gasteiger partial charge in [-0.3, -0.25) is 4.79 Å². The second-order valence-electron chi connectivity index (χ2n) is 8.58. The third-order valence-electron chi connectivity index (χ3n) is 6.17. The molecule has 0 saturated heterocycles. The molecule has 0 aliphatic carbocycles. The van der Waals surface area contributed by atoms with Gasteiger partial charge < -0.3 is 14.4 Å². The summed E-state index contributed by atoms with van der Waals surface area (Å²) >= 11 is 7.73. The molecule has 8 heteroatoms. The smallest absolute Gasteiger partial charge is 0.341 e. The molecule has 0 bridgehead atoms. The Bertz CT molecular complexity index is 1640. The number of nitrogens with zero attached hydrogens (tertiary/aromatic N) is 2. The fraction of sp³-hybridized carbons (Fsp3) is 0.138. The zero-order valence-corrected chi connectivity index (χ0v) is 21.6. The highest BCUT2D eigenvalue weighted by molar-refractivity contribution is 7.18. The van der Waals surface area contributed by atoms with Gasteiger partial charge in [0.05, 0.1) is 12.1 Å². The van der Waals surface area contributed by atoms with Gasteiger partial charge in [0.2, 0.25) is 5.43 Å².